The van der Waals surface area contributed by atoms with Crippen molar-refractivity contribution < 1.29 is 10.2 Å². The van der Waals surface area contributed by atoms with Crippen LogP contribution in [0.2, 0.25) is 0 Å². The van der Waals surface area contributed by atoms with Gasteiger partial charge in [-0.25, -0.2) is 0 Å². The fourth-order valence-corrected chi connectivity index (χ4v) is 8.51. The third-order valence-electron chi connectivity index (χ3n) is 10.6. The Hall–Kier alpha value is -0.600. The van der Waals surface area contributed by atoms with Gasteiger partial charge in [-0.15, -0.1) is 0 Å². The zero-order valence-electron chi connectivity index (χ0n) is 20.2. The molecule has 0 radical (unpaired) electrons. The summed E-state index contributed by atoms with van der Waals surface area (Å²) in [5.41, 5.74) is 3.33. The molecule has 0 aromatic rings. The number of hydrogen-bond acceptors (Lipinski definition) is 2. The maximum atomic E-state index is 11.3. The van der Waals surface area contributed by atoms with Gasteiger partial charge in [0.2, 0.25) is 0 Å². The molecule has 4 rings (SSSR count). The van der Waals surface area contributed by atoms with E-state index in [9.17, 15) is 10.2 Å². The molecule has 170 valence electrons. The van der Waals surface area contributed by atoms with Gasteiger partial charge in [-0.05, 0) is 104 Å². The van der Waals surface area contributed by atoms with Crippen LogP contribution < -0.4 is 0 Å². The molecule has 4 aliphatic rings. The van der Waals surface area contributed by atoms with Gasteiger partial charge < -0.3 is 10.2 Å². The standard InChI is InChI=1S/C28H46O2/c1-17(2)18(3)7-8-19(4)22-9-10-23-26-24(12-14-28(22,23)6)27(5)13-11-21(29)15-20(27)16-25(26)30/h16-17,19,21-26,29-30H,3,7-15H2,1-2,4-6H3/t19-,21+,22-,23-,24-,25+,26-,27+,28-/m1/s1. The zero-order valence-corrected chi connectivity index (χ0v) is 20.2. The van der Waals surface area contributed by atoms with E-state index in [1.807, 2.05) is 0 Å². The van der Waals surface area contributed by atoms with Crippen LogP contribution in [-0.4, -0.2) is 22.4 Å². The van der Waals surface area contributed by atoms with Crippen molar-refractivity contribution in [3.63, 3.8) is 0 Å². The van der Waals surface area contributed by atoms with Crippen molar-refractivity contribution in [3.05, 3.63) is 23.8 Å². The first-order chi connectivity index (χ1) is 14.1. The van der Waals surface area contributed by atoms with Crippen LogP contribution in [0.1, 0.15) is 92.4 Å². The molecule has 9 atom stereocenters. The molecular formula is C28H46O2. The van der Waals surface area contributed by atoms with Gasteiger partial charge in [0.25, 0.3) is 0 Å². The highest BCUT2D eigenvalue weighted by molar-refractivity contribution is 5.28. The molecule has 0 saturated heterocycles. The highest BCUT2D eigenvalue weighted by Gasteiger charge is 2.61. The van der Waals surface area contributed by atoms with E-state index < -0.39 is 0 Å². The lowest BCUT2D eigenvalue weighted by molar-refractivity contribution is -0.0970. The Bertz CT molecular complexity index is 693. The van der Waals surface area contributed by atoms with Crippen LogP contribution in [0.3, 0.4) is 0 Å². The first-order valence-electron chi connectivity index (χ1n) is 12.8. The maximum Gasteiger partial charge on any atom is 0.0757 e. The second kappa shape index (κ2) is 8.07. The topological polar surface area (TPSA) is 40.5 Å². The quantitative estimate of drug-likeness (QED) is 0.502. The minimum Gasteiger partial charge on any atom is -0.393 e. The van der Waals surface area contributed by atoms with E-state index in [2.05, 4.69) is 47.3 Å². The Kier molecular flexibility index (Phi) is 6.08. The molecule has 0 aliphatic heterocycles. The van der Waals surface area contributed by atoms with Gasteiger partial charge in [-0.2, -0.15) is 0 Å². The molecule has 0 heterocycles. The minimum atomic E-state index is -0.317. The van der Waals surface area contributed by atoms with Crippen molar-refractivity contribution in [1.82, 2.24) is 0 Å². The van der Waals surface area contributed by atoms with Crippen molar-refractivity contribution >= 4 is 0 Å². The number of hydrogen-bond donors (Lipinski definition) is 2. The summed E-state index contributed by atoms with van der Waals surface area (Å²) >= 11 is 0. The number of aliphatic hydroxyl groups is 2. The molecule has 0 spiro atoms. The van der Waals surface area contributed by atoms with Crippen LogP contribution in [0, 0.1) is 46.3 Å². The van der Waals surface area contributed by atoms with Crippen LogP contribution in [0.5, 0.6) is 0 Å². The van der Waals surface area contributed by atoms with Gasteiger partial charge in [0.15, 0.2) is 0 Å². The first kappa shape index (κ1) is 22.6. The predicted molar refractivity (Wildman–Crippen MR) is 125 cm³/mol. The van der Waals surface area contributed by atoms with E-state index in [1.54, 1.807) is 0 Å². The summed E-state index contributed by atoms with van der Waals surface area (Å²) in [6.07, 6.45) is 12.1. The smallest absolute Gasteiger partial charge is 0.0757 e. The second-order valence-electron chi connectivity index (χ2n) is 12.3. The van der Waals surface area contributed by atoms with E-state index >= 15 is 0 Å². The fourth-order valence-electron chi connectivity index (χ4n) is 8.51. The molecule has 30 heavy (non-hydrogen) atoms. The van der Waals surface area contributed by atoms with E-state index in [0.717, 1.165) is 37.5 Å². The monoisotopic (exact) mass is 414 g/mol. The SMILES string of the molecule is C=C(CC[C@@H](C)[C@H]1CC[C@@H]2[C@@H]3[C@@H](CC[C@@]21C)[C@@]1(C)CC[C@H](O)CC1=C[C@@H]3O)C(C)C. The Labute approximate surface area is 185 Å². The molecule has 4 aliphatic carbocycles. The fraction of sp³-hybridized carbons (Fsp3) is 0.857. The maximum absolute atomic E-state index is 11.3. The van der Waals surface area contributed by atoms with Crippen molar-refractivity contribution in [2.75, 3.05) is 0 Å². The molecule has 0 aromatic carbocycles. The van der Waals surface area contributed by atoms with Crippen LogP contribution in [0.4, 0.5) is 0 Å². The lowest BCUT2D eigenvalue weighted by Gasteiger charge is -2.59. The Morgan fingerprint density at radius 1 is 1.07 bits per heavy atom. The molecule has 2 heteroatoms. The highest BCUT2D eigenvalue weighted by Crippen LogP contribution is 2.67. The molecule has 2 N–H and O–H groups in total. The number of allylic oxidation sites excluding steroid dienone is 1. The Morgan fingerprint density at radius 2 is 1.80 bits per heavy atom. The first-order valence-corrected chi connectivity index (χ1v) is 12.8. The van der Waals surface area contributed by atoms with Gasteiger partial charge in [0.1, 0.15) is 0 Å². The lowest BCUT2D eigenvalue weighted by atomic mass is 9.46. The van der Waals surface area contributed by atoms with Crippen molar-refractivity contribution in [2.45, 2.75) is 105 Å². The van der Waals surface area contributed by atoms with E-state index in [4.69, 9.17) is 0 Å². The van der Waals surface area contributed by atoms with Gasteiger partial charge in [-0.1, -0.05) is 58.4 Å². The number of rotatable bonds is 5. The van der Waals surface area contributed by atoms with E-state index in [-0.39, 0.29) is 17.6 Å². The van der Waals surface area contributed by atoms with Gasteiger partial charge in [0, 0.05) is 0 Å². The summed E-state index contributed by atoms with van der Waals surface area (Å²) in [6, 6.07) is 0. The summed E-state index contributed by atoms with van der Waals surface area (Å²) in [7, 11) is 0. The zero-order chi connectivity index (χ0) is 21.8. The van der Waals surface area contributed by atoms with Crippen LogP contribution in [0.15, 0.2) is 23.8 Å². The number of aliphatic hydroxyl groups excluding tert-OH is 2. The molecule has 0 aromatic heterocycles. The Morgan fingerprint density at radius 3 is 2.50 bits per heavy atom. The summed E-state index contributed by atoms with van der Waals surface area (Å²) in [4.78, 5) is 0. The third-order valence-corrected chi connectivity index (χ3v) is 10.6. The summed E-state index contributed by atoms with van der Waals surface area (Å²) in [5, 5.41) is 21.5. The summed E-state index contributed by atoms with van der Waals surface area (Å²) < 4.78 is 0. The van der Waals surface area contributed by atoms with Crippen LogP contribution >= 0.6 is 0 Å². The van der Waals surface area contributed by atoms with Crippen molar-refractivity contribution in [3.8, 4) is 0 Å². The third kappa shape index (κ3) is 3.54. The molecule has 3 fully saturated rings. The van der Waals surface area contributed by atoms with Gasteiger partial charge in [-0.3, -0.25) is 0 Å². The van der Waals surface area contributed by atoms with Crippen LogP contribution in [0.25, 0.3) is 0 Å². The average Bonchev–Trinajstić information content (AvgIpc) is 3.04. The van der Waals surface area contributed by atoms with Crippen LogP contribution in [-0.2, 0) is 0 Å². The normalized spacial score (nSPS) is 46.6. The number of fused-ring (bicyclic) bond motifs is 5. The van der Waals surface area contributed by atoms with E-state index in [1.165, 1.54) is 43.3 Å². The molecule has 0 amide bonds. The van der Waals surface area contributed by atoms with Crippen molar-refractivity contribution in [2.24, 2.45) is 46.3 Å². The largest absolute Gasteiger partial charge is 0.393 e. The average molecular weight is 415 g/mol. The minimum absolute atomic E-state index is 0.198. The molecular weight excluding hydrogens is 368 g/mol. The molecule has 3 saturated carbocycles. The van der Waals surface area contributed by atoms with Gasteiger partial charge in [0.05, 0.1) is 12.2 Å². The molecule has 2 nitrogen and oxygen atoms in total. The predicted octanol–water partition coefficient (Wildman–Crippen LogP) is 6.53. The van der Waals surface area contributed by atoms with Gasteiger partial charge >= 0.3 is 0 Å². The second-order valence-corrected chi connectivity index (χ2v) is 12.3. The highest BCUT2D eigenvalue weighted by atomic mass is 16.3. The molecule has 0 bridgehead atoms. The summed E-state index contributed by atoms with van der Waals surface area (Å²) in [5.74, 6) is 3.76. The Balaban J connectivity index is 1.54. The van der Waals surface area contributed by atoms with E-state index in [0.29, 0.717) is 29.1 Å². The van der Waals surface area contributed by atoms with Crippen molar-refractivity contribution in [1.29, 1.82) is 0 Å². The lowest BCUT2D eigenvalue weighted by Crippen LogP contribution is -2.54. The summed E-state index contributed by atoms with van der Waals surface area (Å²) in [6.45, 7) is 16.3. The molecule has 0 unspecified atom stereocenters.